The minimum atomic E-state index is -0.293. The molecule has 0 spiro atoms. The first-order valence-electron chi connectivity index (χ1n) is 8.61. The number of halogens is 2. The molecule has 0 saturated heterocycles. The Morgan fingerprint density at radius 1 is 1.28 bits per heavy atom. The second-order valence-electron chi connectivity index (χ2n) is 6.99. The second kappa shape index (κ2) is 6.30. The van der Waals surface area contributed by atoms with E-state index in [1.807, 2.05) is 36.6 Å². The van der Waals surface area contributed by atoms with Crippen molar-refractivity contribution in [3.63, 3.8) is 0 Å². The minimum absolute atomic E-state index is 0.168. The zero-order valence-electron chi connectivity index (χ0n) is 14.3. The van der Waals surface area contributed by atoms with Gasteiger partial charge in [-0.3, -0.25) is 4.40 Å². The summed E-state index contributed by atoms with van der Waals surface area (Å²) in [4.78, 5) is 0. The van der Waals surface area contributed by atoms with Crippen LogP contribution >= 0.6 is 11.6 Å². The molecule has 6 heteroatoms. The van der Waals surface area contributed by atoms with E-state index in [9.17, 15) is 4.39 Å². The zero-order chi connectivity index (χ0) is 17.6. The van der Waals surface area contributed by atoms with Gasteiger partial charge in [0.15, 0.2) is 5.65 Å². The van der Waals surface area contributed by atoms with Crippen molar-refractivity contribution in [3.8, 4) is 11.1 Å². The molecule has 0 unspecified atom stereocenters. The molecule has 3 aromatic rings. The number of aromatic nitrogens is 3. The van der Waals surface area contributed by atoms with Gasteiger partial charge in [-0.2, -0.15) is 0 Å². The summed E-state index contributed by atoms with van der Waals surface area (Å²) in [5.74, 6) is 1.37. The number of pyridine rings is 1. The van der Waals surface area contributed by atoms with E-state index in [1.54, 1.807) is 6.07 Å². The van der Waals surface area contributed by atoms with E-state index in [-0.39, 0.29) is 11.9 Å². The highest BCUT2D eigenvalue weighted by Gasteiger charge is 2.24. The molecular weight excluding hydrogens is 339 g/mol. The molecule has 1 saturated carbocycles. The Hall–Kier alpha value is -2.14. The number of nitrogens with zero attached hydrogens (tertiary/aromatic N) is 3. The maximum Gasteiger partial charge on any atom is 0.180 e. The predicted octanol–water partition coefficient (Wildman–Crippen LogP) is 4.96. The summed E-state index contributed by atoms with van der Waals surface area (Å²) in [6.07, 6.45) is 5.38. The van der Waals surface area contributed by atoms with E-state index in [0.29, 0.717) is 16.4 Å². The summed E-state index contributed by atoms with van der Waals surface area (Å²) >= 11 is 6.56. The van der Waals surface area contributed by atoms with Crippen molar-refractivity contribution < 1.29 is 4.39 Å². The Kier molecular flexibility index (Phi) is 4.12. The fraction of sp³-hybridized carbons (Fsp3) is 0.368. The van der Waals surface area contributed by atoms with Crippen molar-refractivity contribution in [1.29, 1.82) is 0 Å². The zero-order valence-corrected chi connectivity index (χ0v) is 15.0. The fourth-order valence-electron chi connectivity index (χ4n) is 3.03. The van der Waals surface area contributed by atoms with Crippen LogP contribution in [0.3, 0.4) is 0 Å². The van der Waals surface area contributed by atoms with E-state index >= 15 is 0 Å². The SMILES string of the molecule is CC(C)Nc1ccc(-c2ccn3c(CC4CC4)nnc3c2Cl)cc1F. The number of anilines is 1. The molecule has 25 heavy (non-hydrogen) atoms. The molecule has 0 bridgehead atoms. The molecule has 4 rings (SSSR count). The van der Waals surface area contributed by atoms with Gasteiger partial charge in [0, 0.05) is 24.2 Å². The number of benzene rings is 1. The van der Waals surface area contributed by atoms with E-state index in [0.717, 1.165) is 29.3 Å². The highest BCUT2D eigenvalue weighted by molar-refractivity contribution is 6.36. The normalized spacial score (nSPS) is 14.4. The molecule has 1 aliphatic carbocycles. The molecule has 0 amide bonds. The van der Waals surface area contributed by atoms with Crippen LogP contribution in [0.25, 0.3) is 16.8 Å². The number of hydrogen-bond acceptors (Lipinski definition) is 3. The van der Waals surface area contributed by atoms with Crippen molar-refractivity contribution in [3.05, 3.63) is 47.1 Å². The maximum absolute atomic E-state index is 14.4. The van der Waals surface area contributed by atoms with Crippen molar-refractivity contribution >= 4 is 22.9 Å². The van der Waals surface area contributed by atoms with Gasteiger partial charge in [0.25, 0.3) is 0 Å². The summed E-state index contributed by atoms with van der Waals surface area (Å²) in [6.45, 7) is 3.95. The molecular formula is C19H20ClFN4. The third-order valence-electron chi connectivity index (χ3n) is 4.48. The molecule has 0 aliphatic heterocycles. The van der Waals surface area contributed by atoms with E-state index < -0.39 is 0 Å². The van der Waals surface area contributed by atoms with Crippen LogP contribution in [0.1, 0.15) is 32.5 Å². The number of hydrogen-bond donors (Lipinski definition) is 1. The third-order valence-corrected chi connectivity index (χ3v) is 4.85. The summed E-state index contributed by atoms with van der Waals surface area (Å²) < 4.78 is 16.3. The molecule has 0 atom stereocenters. The number of rotatable bonds is 5. The molecule has 1 aromatic carbocycles. The molecule has 1 aliphatic rings. The Bertz CT molecular complexity index is 931. The molecule has 4 nitrogen and oxygen atoms in total. The molecule has 2 heterocycles. The third kappa shape index (κ3) is 3.21. The Morgan fingerprint density at radius 3 is 2.76 bits per heavy atom. The molecule has 2 aromatic heterocycles. The second-order valence-corrected chi connectivity index (χ2v) is 7.37. The first-order valence-corrected chi connectivity index (χ1v) is 8.99. The molecule has 1 fully saturated rings. The Labute approximate surface area is 151 Å². The largest absolute Gasteiger partial charge is 0.381 e. The van der Waals surface area contributed by atoms with Crippen LogP contribution in [0.15, 0.2) is 30.5 Å². The number of fused-ring (bicyclic) bond motifs is 1. The lowest BCUT2D eigenvalue weighted by Crippen LogP contribution is -2.10. The quantitative estimate of drug-likeness (QED) is 0.700. The summed E-state index contributed by atoms with van der Waals surface area (Å²) in [5, 5.41) is 12.1. The predicted molar refractivity (Wildman–Crippen MR) is 98.6 cm³/mol. The van der Waals surface area contributed by atoms with Crippen LogP contribution in [-0.2, 0) is 6.42 Å². The van der Waals surface area contributed by atoms with Gasteiger partial charge in [-0.25, -0.2) is 4.39 Å². The van der Waals surface area contributed by atoms with Crippen LogP contribution in [0, 0.1) is 11.7 Å². The minimum Gasteiger partial charge on any atom is -0.381 e. The first kappa shape index (κ1) is 16.3. The molecule has 0 radical (unpaired) electrons. The average Bonchev–Trinajstić information content (AvgIpc) is 3.29. The average molecular weight is 359 g/mol. The van der Waals surface area contributed by atoms with Gasteiger partial charge in [0.05, 0.1) is 10.7 Å². The van der Waals surface area contributed by atoms with Crippen molar-refractivity contribution in [1.82, 2.24) is 14.6 Å². The highest BCUT2D eigenvalue weighted by Crippen LogP contribution is 2.35. The van der Waals surface area contributed by atoms with E-state index in [4.69, 9.17) is 11.6 Å². The lowest BCUT2D eigenvalue weighted by molar-refractivity contribution is 0.628. The maximum atomic E-state index is 14.4. The standard InChI is InChI=1S/C19H20ClFN4/c1-11(2)22-16-6-5-13(10-15(16)21)14-7-8-25-17(9-12-3-4-12)23-24-19(25)18(14)20/h5-8,10-12,22H,3-4,9H2,1-2H3. The smallest absolute Gasteiger partial charge is 0.180 e. The summed E-state index contributed by atoms with van der Waals surface area (Å²) in [6, 6.07) is 7.19. The Morgan fingerprint density at radius 2 is 2.08 bits per heavy atom. The van der Waals surface area contributed by atoms with Crippen LogP contribution < -0.4 is 5.32 Å². The number of nitrogens with one attached hydrogen (secondary N) is 1. The lowest BCUT2D eigenvalue weighted by atomic mass is 10.1. The summed E-state index contributed by atoms with van der Waals surface area (Å²) in [7, 11) is 0. The molecule has 1 N–H and O–H groups in total. The van der Waals surface area contributed by atoms with E-state index in [1.165, 1.54) is 18.9 Å². The van der Waals surface area contributed by atoms with Gasteiger partial charge < -0.3 is 5.32 Å². The molecule has 130 valence electrons. The highest BCUT2D eigenvalue weighted by atomic mass is 35.5. The van der Waals surface area contributed by atoms with E-state index in [2.05, 4.69) is 15.5 Å². The van der Waals surface area contributed by atoms with Crippen LogP contribution in [0.5, 0.6) is 0 Å². The monoisotopic (exact) mass is 358 g/mol. The van der Waals surface area contributed by atoms with Crippen LogP contribution in [0.2, 0.25) is 5.02 Å². The van der Waals surface area contributed by atoms with Gasteiger partial charge >= 0.3 is 0 Å². The fourth-order valence-corrected chi connectivity index (χ4v) is 3.33. The Balaban J connectivity index is 1.71. The van der Waals surface area contributed by atoms with Gasteiger partial charge in [-0.05, 0) is 56.4 Å². The summed E-state index contributed by atoms with van der Waals surface area (Å²) in [5.41, 5.74) is 2.60. The lowest BCUT2D eigenvalue weighted by Gasteiger charge is -2.13. The van der Waals surface area contributed by atoms with Crippen LogP contribution in [-0.4, -0.2) is 20.6 Å². The van der Waals surface area contributed by atoms with Gasteiger partial charge in [-0.1, -0.05) is 17.7 Å². The topological polar surface area (TPSA) is 42.2 Å². The van der Waals surface area contributed by atoms with Crippen molar-refractivity contribution in [2.24, 2.45) is 5.92 Å². The van der Waals surface area contributed by atoms with Crippen molar-refractivity contribution in [2.75, 3.05) is 5.32 Å². The van der Waals surface area contributed by atoms with Crippen molar-refractivity contribution in [2.45, 2.75) is 39.2 Å². The van der Waals surface area contributed by atoms with Gasteiger partial charge in [0.2, 0.25) is 0 Å². The first-order chi connectivity index (χ1) is 12.0. The van der Waals surface area contributed by atoms with Gasteiger partial charge in [-0.15, -0.1) is 10.2 Å². The van der Waals surface area contributed by atoms with Crippen LogP contribution in [0.4, 0.5) is 10.1 Å². The van der Waals surface area contributed by atoms with Gasteiger partial charge in [0.1, 0.15) is 11.6 Å².